The predicted octanol–water partition coefficient (Wildman–Crippen LogP) is 4.00. The average Bonchev–Trinajstić information content (AvgIpc) is 2.79. The fourth-order valence-corrected chi connectivity index (χ4v) is 3.96. The molecule has 26 heavy (non-hydrogen) atoms. The molecule has 0 bridgehead atoms. The van der Waals surface area contributed by atoms with Gasteiger partial charge < -0.3 is 9.15 Å². The summed E-state index contributed by atoms with van der Waals surface area (Å²) in [5.74, 6) is 0.0762. The van der Waals surface area contributed by atoms with Gasteiger partial charge in [0.2, 0.25) is 0 Å². The highest BCUT2D eigenvalue weighted by Gasteiger charge is 2.21. The topological polar surface area (TPSA) is 61.7 Å². The number of benzene rings is 2. The summed E-state index contributed by atoms with van der Waals surface area (Å²) in [6.07, 6.45) is 1.64. The molecular weight excluding hydrogens is 405 g/mol. The van der Waals surface area contributed by atoms with Gasteiger partial charge in [-0.25, -0.2) is 9.18 Å². The summed E-state index contributed by atoms with van der Waals surface area (Å²) >= 11 is 3.50. The second-order valence-corrected chi connectivity index (χ2v) is 6.79. The number of halogens is 2. The van der Waals surface area contributed by atoms with Crippen molar-refractivity contribution in [3.8, 4) is 5.75 Å². The van der Waals surface area contributed by atoms with E-state index in [1.807, 2.05) is 0 Å². The number of rotatable bonds is 1. The van der Waals surface area contributed by atoms with E-state index >= 15 is 0 Å². The second kappa shape index (κ2) is 5.07. The fourth-order valence-electron chi connectivity index (χ4n) is 3.40. The lowest BCUT2D eigenvalue weighted by Gasteiger charge is -2.07. The first-order valence-corrected chi connectivity index (χ1v) is 8.55. The molecule has 0 aliphatic heterocycles. The Bertz CT molecular complexity index is 1430. The summed E-state index contributed by atoms with van der Waals surface area (Å²) in [4.78, 5) is 17.4. The maximum Gasteiger partial charge on any atom is 0.333 e. The van der Waals surface area contributed by atoms with Crippen LogP contribution in [0.25, 0.3) is 38.6 Å². The summed E-state index contributed by atoms with van der Waals surface area (Å²) in [7, 11) is 3.22. The van der Waals surface area contributed by atoms with Gasteiger partial charge in [0.1, 0.15) is 16.0 Å². The zero-order valence-electron chi connectivity index (χ0n) is 13.7. The molecule has 0 aliphatic carbocycles. The second-order valence-electron chi connectivity index (χ2n) is 6.00. The molecule has 0 amide bonds. The van der Waals surface area contributed by atoms with Gasteiger partial charge in [-0.1, -0.05) is 0 Å². The van der Waals surface area contributed by atoms with Crippen molar-refractivity contribution in [1.82, 2.24) is 14.0 Å². The molecular formula is C18H11BrFN3O3. The number of fused-ring (bicyclic) bond motifs is 2. The number of methoxy groups -OCH3 is 1. The molecule has 0 saturated heterocycles. The number of ether oxygens (including phenoxy) is 1. The third-order valence-electron chi connectivity index (χ3n) is 4.63. The van der Waals surface area contributed by atoms with Gasteiger partial charge in [-0.05, 0) is 28.1 Å². The lowest BCUT2D eigenvalue weighted by molar-refractivity contribution is 0.412. The van der Waals surface area contributed by atoms with E-state index in [0.29, 0.717) is 43.3 Å². The zero-order chi connectivity index (χ0) is 18.2. The van der Waals surface area contributed by atoms with Gasteiger partial charge in [-0.2, -0.15) is 0 Å². The minimum Gasteiger partial charge on any atom is -0.495 e. The van der Waals surface area contributed by atoms with Crippen LogP contribution in [0.1, 0.15) is 0 Å². The van der Waals surface area contributed by atoms with Crippen LogP contribution >= 0.6 is 15.9 Å². The van der Waals surface area contributed by atoms with Crippen molar-refractivity contribution in [2.45, 2.75) is 0 Å². The molecule has 0 spiro atoms. The Hall–Kier alpha value is -2.87. The molecule has 5 aromatic rings. The van der Waals surface area contributed by atoms with E-state index in [-0.39, 0.29) is 11.3 Å². The molecule has 8 heteroatoms. The van der Waals surface area contributed by atoms with Crippen molar-refractivity contribution in [1.29, 1.82) is 0 Å². The predicted molar refractivity (Wildman–Crippen MR) is 99.4 cm³/mol. The average molecular weight is 416 g/mol. The van der Waals surface area contributed by atoms with Crippen LogP contribution in [0.2, 0.25) is 0 Å². The number of nitrogens with zero attached hydrogens (tertiary/aromatic N) is 3. The van der Waals surface area contributed by atoms with E-state index in [4.69, 9.17) is 9.15 Å². The summed E-state index contributed by atoms with van der Waals surface area (Å²) in [6.45, 7) is 0. The summed E-state index contributed by atoms with van der Waals surface area (Å²) in [6, 6.07) is 5.87. The van der Waals surface area contributed by atoms with Crippen LogP contribution < -0.4 is 10.4 Å². The molecule has 0 saturated carbocycles. The molecule has 130 valence electrons. The number of hydrogen-bond acceptors (Lipinski definition) is 4. The molecule has 0 N–H and O–H groups in total. The minimum atomic E-state index is -0.455. The molecule has 3 aromatic heterocycles. The quantitative estimate of drug-likeness (QED) is 0.415. The maximum absolute atomic E-state index is 13.9. The molecule has 0 aliphatic rings. The third-order valence-corrected chi connectivity index (χ3v) is 5.38. The van der Waals surface area contributed by atoms with Crippen LogP contribution in [0.5, 0.6) is 5.75 Å². The monoisotopic (exact) mass is 415 g/mol. The van der Waals surface area contributed by atoms with Crippen LogP contribution in [-0.2, 0) is 7.05 Å². The number of aryl methyl sites for hydroxylation is 1. The van der Waals surface area contributed by atoms with E-state index in [9.17, 15) is 9.18 Å². The van der Waals surface area contributed by atoms with Gasteiger partial charge in [-0.3, -0.25) is 14.0 Å². The van der Waals surface area contributed by atoms with E-state index in [0.717, 1.165) is 0 Å². The first-order valence-electron chi connectivity index (χ1n) is 7.75. The number of aromatic nitrogens is 3. The first-order chi connectivity index (χ1) is 12.5. The number of imidazole rings is 1. The highest BCUT2D eigenvalue weighted by atomic mass is 79.9. The molecule has 0 atom stereocenters. The molecule has 6 nitrogen and oxygen atoms in total. The van der Waals surface area contributed by atoms with Crippen molar-refractivity contribution in [2.24, 2.45) is 7.05 Å². The SMILES string of the molecule is COc1cc2ncc3c4c2c(oc2cc(F)ccc2n4c(=O)n3C)c1Br. The zero-order valence-corrected chi connectivity index (χ0v) is 15.3. The number of hydrogen-bond donors (Lipinski definition) is 0. The van der Waals surface area contributed by atoms with Crippen LogP contribution in [0.3, 0.4) is 0 Å². The van der Waals surface area contributed by atoms with Crippen LogP contribution in [-0.4, -0.2) is 21.1 Å². The van der Waals surface area contributed by atoms with Crippen molar-refractivity contribution in [3.05, 3.63) is 51.2 Å². The standard InChI is InChI=1S/C18H11BrFN3O3/c1-22-11-7-21-9-6-13(25-2)15(19)17-14(9)16(11)23(18(22)24)10-4-3-8(20)5-12(10)26-17/h3-7H,1-2H3. The Morgan fingerprint density at radius 1 is 1.27 bits per heavy atom. The molecule has 2 aromatic carbocycles. The Labute approximate surface area is 153 Å². The Morgan fingerprint density at radius 2 is 2.08 bits per heavy atom. The highest BCUT2D eigenvalue weighted by molar-refractivity contribution is 9.10. The normalized spacial score (nSPS) is 12.0. The van der Waals surface area contributed by atoms with Crippen molar-refractivity contribution in [3.63, 3.8) is 0 Å². The third kappa shape index (κ3) is 1.79. The summed E-state index contributed by atoms with van der Waals surface area (Å²) in [5.41, 5.74) is 2.81. The van der Waals surface area contributed by atoms with Gasteiger partial charge in [0, 0.05) is 19.2 Å². The van der Waals surface area contributed by atoms with Gasteiger partial charge in [-0.15, -0.1) is 0 Å². The Kier molecular flexibility index (Phi) is 3.00. The summed E-state index contributed by atoms with van der Waals surface area (Å²) < 4.78 is 28.9. The van der Waals surface area contributed by atoms with Gasteiger partial charge >= 0.3 is 5.69 Å². The van der Waals surface area contributed by atoms with Gasteiger partial charge in [0.15, 0.2) is 11.2 Å². The number of pyridine rings is 1. The van der Waals surface area contributed by atoms with Crippen LogP contribution in [0.4, 0.5) is 4.39 Å². The smallest absolute Gasteiger partial charge is 0.333 e. The van der Waals surface area contributed by atoms with E-state index in [1.54, 1.807) is 26.4 Å². The lowest BCUT2D eigenvalue weighted by atomic mass is 10.1. The van der Waals surface area contributed by atoms with Gasteiger partial charge in [0.25, 0.3) is 0 Å². The van der Waals surface area contributed by atoms with Crippen molar-refractivity contribution >= 4 is 54.5 Å². The minimum absolute atomic E-state index is 0.242. The van der Waals surface area contributed by atoms with Gasteiger partial charge in [0.05, 0.1) is 40.8 Å². The van der Waals surface area contributed by atoms with Crippen LogP contribution in [0.15, 0.2) is 44.1 Å². The Balaban J connectivity index is 2.28. The largest absolute Gasteiger partial charge is 0.495 e. The summed E-state index contributed by atoms with van der Waals surface area (Å²) in [5, 5.41) is 0.657. The maximum atomic E-state index is 13.9. The van der Waals surface area contributed by atoms with E-state index in [2.05, 4.69) is 20.9 Å². The van der Waals surface area contributed by atoms with Crippen molar-refractivity contribution < 1.29 is 13.5 Å². The van der Waals surface area contributed by atoms with E-state index < -0.39 is 5.82 Å². The molecule has 5 rings (SSSR count). The molecule has 0 unspecified atom stereocenters. The van der Waals surface area contributed by atoms with Crippen LogP contribution in [0, 0.1) is 5.82 Å². The Morgan fingerprint density at radius 3 is 2.85 bits per heavy atom. The lowest BCUT2D eigenvalue weighted by Crippen LogP contribution is -2.17. The molecule has 0 fully saturated rings. The molecule has 0 radical (unpaired) electrons. The fraction of sp³-hybridized carbons (Fsp3) is 0.111. The molecule has 3 heterocycles. The highest BCUT2D eigenvalue weighted by Crippen LogP contribution is 2.40. The first kappa shape index (κ1) is 15.4. The van der Waals surface area contributed by atoms with E-state index in [1.165, 1.54) is 27.2 Å². The van der Waals surface area contributed by atoms with Crippen molar-refractivity contribution in [2.75, 3.05) is 7.11 Å².